The third-order valence-corrected chi connectivity index (χ3v) is 4.41. The van der Waals surface area contributed by atoms with Gasteiger partial charge in [0.15, 0.2) is 0 Å². The van der Waals surface area contributed by atoms with Gasteiger partial charge in [0.25, 0.3) is 0 Å². The van der Waals surface area contributed by atoms with Gasteiger partial charge in [-0.2, -0.15) is 0 Å². The number of amides is 1. The monoisotopic (exact) mass is 353 g/mol. The van der Waals surface area contributed by atoms with Crippen molar-refractivity contribution in [3.05, 3.63) is 77.2 Å². The number of carbonyl (C=O) groups excluding carboxylic acids is 1. The largest absolute Gasteiger partial charge is 0.478 e. The molecule has 1 amide bonds. The van der Waals surface area contributed by atoms with E-state index in [1.54, 1.807) is 5.38 Å². The van der Waals surface area contributed by atoms with E-state index < -0.39 is 12.1 Å². The summed E-state index contributed by atoms with van der Waals surface area (Å²) in [5.74, 6) is -1.10. The summed E-state index contributed by atoms with van der Waals surface area (Å²) >= 11 is 1.16. The van der Waals surface area contributed by atoms with Gasteiger partial charge in [-0.15, -0.1) is 11.3 Å². The lowest BCUT2D eigenvalue weighted by Crippen LogP contribution is -2.14. The van der Waals surface area contributed by atoms with Gasteiger partial charge in [-0.25, -0.2) is 9.59 Å². The van der Waals surface area contributed by atoms with E-state index in [0.29, 0.717) is 5.56 Å². The highest BCUT2D eigenvalue weighted by Crippen LogP contribution is 2.35. The molecule has 25 heavy (non-hydrogen) atoms. The molecule has 2 aromatic carbocycles. The zero-order valence-corrected chi connectivity index (χ0v) is 14.0. The second-order valence-electron chi connectivity index (χ2n) is 5.21. The molecule has 1 heterocycles. The first-order chi connectivity index (χ1) is 12.1. The van der Waals surface area contributed by atoms with E-state index in [1.165, 1.54) is 0 Å². The van der Waals surface area contributed by atoms with E-state index in [2.05, 4.69) is 5.32 Å². The smallest absolute Gasteiger partial charge is 0.412 e. The van der Waals surface area contributed by atoms with Crippen LogP contribution in [0.3, 0.4) is 0 Å². The molecule has 0 saturated heterocycles. The summed E-state index contributed by atoms with van der Waals surface area (Å²) in [6, 6.07) is 18.4. The van der Waals surface area contributed by atoms with Crippen LogP contribution in [0.5, 0.6) is 0 Å². The second-order valence-corrected chi connectivity index (χ2v) is 6.09. The Morgan fingerprint density at radius 3 is 2.28 bits per heavy atom. The highest BCUT2D eigenvalue weighted by atomic mass is 32.1. The van der Waals surface area contributed by atoms with Crippen LogP contribution in [0.4, 0.5) is 9.80 Å². The molecule has 0 atom stereocenters. The van der Waals surface area contributed by atoms with E-state index in [4.69, 9.17) is 4.74 Å². The number of thiophene rings is 1. The summed E-state index contributed by atoms with van der Waals surface area (Å²) in [7, 11) is 0. The molecule has 0 aliphatic heterocycles. The number of hydrogen-bond acceptors (Lipinski definition) is 4. The van der Waals surface area contributed by atoms with Crippen LogP contribution in [0.2, 0.25) is 0 Å². The fraction of sp³-hybridized carbons (Fsp3) is 0.0526. The average molecular weight is 353 g/mol. The SMILES string of the molecule is O=C(Nc1scc(-c2ccccc2)c1C(=O)O)OCc1ccccc1. The molecule has 5 nitrogen and oxygen atoms in total. The Morgan fingerprint density at radius 2 is 1.64 bits per heavy atom. The van der Waals surface area contributed by atoms with Gasteiger partial charge in [0.05, 0.1) is 0 Å². The Balaban J connectivity index is 1.75. The first-order valence-corrected chi connectivity index (χ1v) is 8.41. The summed E-state index contributed by atoms with van der Waals surface area (Å²) in [4.78, 5) is 23.6. The van der Waals surface area contributed by atoms with Crippen molar-refractivity contribution < 1.29 is 19.4 Å². The van der Waals surface area contributed by atoms with Crippen LogP contribution >= 0.6 is 11.3 Å². The zero-order chi connectivity index (χ0) is 17.6. The Kier molecular flexibility index (Phi) is 5.11. The zero-order valence-electron chi connectivity index (χ0n) is 13.1. The first kappa shape index (κ1) is 16.7. The van der Waals surface area contributed by atoms with E-state index in [9.17, 15) is 14.7 Å². The second kappa shape index (κ2) is 7.63. The lowest BCUT2D eigenvalue weighted by molar-refractivity contribution is 0.0699. The van der Waals surface area contributed by atoms with Crippen LogP contribution in [0.15, 0.2) is 66.0 Å². The minimum absolute atomic E-state index is 0.0628. The molecule has 3 rings (SSSR count). The summed E-state index contributed by atoms with van der Waals surface area (Å²) in [5, 5.41) is 14.0. The minimum atomic E-state index is -1.10. The summed E-state index contributed by atoms with van der Waals surface area (Å²) in [6.45, 7) is 0.117. The van der Waals surface area contributed by atoms with Crippen molar-refractivity contribution in [2.45, 2.75) is 6.61 Å². The van der Waals surface area contributed by atoms with E-state index in [1.807, 2.05) is 60.7 Å². The molecular weight excluding hydrogens is 338 g/mol. The van der Waals surface area contributed by atoms with E-state index in [-0.39, 0.29) is 17.2 Å². The molecule has 0 fully saturated rings. The number of carbonyl (C=O) groups is 2. The van der Waals surface area contributed by atoms with Gasteiger partial charge in [-0.3, -0.25) is 5.32 Å². The minimum Gasteiger partial charge on any atom is -0.478 e. The maximum absolute atomic E-state index is 12.0. The molecule has 2 N–H and O–H groups in total. The van der Waals surface area contributed by atoms with Crippen molar-refractivity contribution in [3.8, 4) is 11.1 Å². The third kappa shape index (κ3) is 4.05. The highest BCUT2D eigenvalue weighted by Gasteiger charge is 2.21. The van der Waals surface area contributed by atoms with Gasteiger partial charge in [0.1, 0.15) is 17.2 Å². The summed E-state index contributed by atoms with van der Waals surface area (Å²) < 4.78 is 5.15. The highest BCUT2D eigenvalue weighted by molar-refractivity contribution is 7.15. The number of rotatable bonds is 5. The van der Waals surface area contributed by atoms with Crippen LogP contribution < -0.4 is 5.32 Å². The number of benzene rings is 2. The van der Waals surface area contributed by atoms with Gasteiger partial charge in [0.2, 0.25) is 0 Å². The van der Waals surface area contributed by atoms with E-state index in [0.717, 1.165) is 22.5 Å². The number of nitrogens with one attached hydrogen (secondary N) is 1. The number of ether oxygens (including phenoxy) is 1. The fourth-order valence-corrected chi connectivity index (χ4v) is 3.29. The maximum atomic E-state index is 12.0. The fourth-order valence-electron chi connectivity index (χ4n) is 2.34. The van der Waals surface area contributed by atoms with Crippen LogP contribution in [0, 0.1) is 0 Å². The van der Waals surface area contributed by atoms with Crippen LogP contribution in [0.25, 0.3) is 11.1 Å². The Bertz CT molecular complexity index is 875. The molecule has 6 heteroatoms. The Hall–Kier alpha value is -3.12. The van der Waals surface area contributed by atoms with Crippen molar-refractivity contribution in [1.29, 1.82) is 0 Å². The van der Waals surface area contributed by atoms with Crippen molar-refractivity contribution in [3.63, 3.8) is 0 Å². The molecule has 0 radical (unpaired) electrons. The maximum Gasteiger partial charge on any atom is 0.412 e. The quantitative estimate of drug-likeness (QED) is 0.687. The molecular formula is C19H15NO4S. The standard InChI is InChI=1S/C19H15NO4S/c21-18(22)16-15(14-9-5-2-6-10-14)12-25-17(16)20-19(23)24-11-13-7-3-1-4-8-13/h1-10,12H,11H2,(H,20,23)(H,21,22). The van der Waals surface area contributed by atoms with Gasteiger partial charge in [0, 0.05) is 10.9 Å². The van der Waals surface area contributed by atoms with Crippen molar-refractivity contribution in [1.82, 2.24) is 0 Å². The predicted octanol–water partition coefficient (Wildman–Crippen LogP) is 4.86. The molecule has 0 aliphatic carbocycles. The molecule has 3 aromatic rings. The Labute approximate surface area is 148 Å². The van der Waals surface area contributed by atoms with E-state index >= 15 is 0 Å². The number of carboxylic acids is 1. The predicted molar refractivity (Wildman–Crippen MR) is 97.0 cm³/mol. The molecule has 0 unspecified atom stereocenters. The normalized spacial score (nSPS) is 10.2. The van der Waals surface area contributed by atoms with Gasteiger partial charge >= 0.3 is 12.1 Å². The Morgan fingerprint density at radius 1 is 1.00 bits per heavy atom. The topological polar surface area (TPSA) is 75.6 Å². The van der Waals surface area contributed by atoms with Gasteiger partial charge in [-0.1, -0.05) is 60.7 Å². The van der Waals surface area contributed by atoms with Gasteiger partial charge < -0.3 is 9.84 Å². The van der Waals surface area contributed by atoms with Crippen LogP contribution in [0.1, 0.15) is 15.9 Å². The molecule has 0 spiro atoms. The van der Waals surface area contributed by atoms with Crippen molar-refractivity contribution in [2.24, 2.45) is 0 Å². The molecule has 126 valence electrons. The van der Waals surface area contributed by atoms with Crippen LogP contribution in [-0.2, 0) is 11.3 Å². The summed E-state index contributed by atoms with van der Waals surface area (Å²) in [6.07, 6.45) is -0.687. The molecule has 0 saturated carbocycles. The number of carboxylic acid groups (broad SMARTS) is 1. The molecule has 0 aliphatic rings. The third-order valence-electron chi connectivity index (χ3n) is 3.52. The summed E-state index contributed by atoms with van der Waals surface area (Å²) in [5.41, 5.74) is 2.26. The van der Waals surface area contributed by atoms with Crippen molar-refractivity contribution in [2.75, 3.05) is 5.32 Å². The number of aromatic carboxylic acids is 1. The molecule has 0 bridgehead atoms. The van der Waals surface area contributed by atoms with Gasteiger partial charge in [-0.05, 0) is 11.1 Å². The molecule has 1 aromatic heterocycles. The number of hydrogen-bond donors (Lipinski definition) is 2. The van der Waals surface area contributed by atoms with Crippen LogP contribution in [-0.4, -0.2) is 17.2 Å². The lowest BCUT2D eigenvalue weighted by Gasteiger charge is -2.07. The van der Waals surface area contributed by atoms with Crippen molar-refractivity contribution >= 4 is 28.4 Å². The first-order valence-electron chi connectivity index (χ1n) is 7.53. The average Bonchev–Trinajstić information content (AvgIpc) is 3.05. The lowest BCUT2D eigenvalue weighted by atomic mass is 10.0. The number of anilines is 1.